The molecule has 2 heteroatoms. The average Bonchev–Trinajstić information content (AvgIpc) is 2.26. The molecule has 0 saturated heterocycles. The van der Waals surface area contributed by atoms with Crippen molar-refractivity contribution in [3.8, 4) is 5.75 Å². The van der Waals surface area contributed by atoms with Crippen molar-refractivity contribution in [2.24, 2.45) is 0 Å². The molecule has 14 heavy (non-hydrogen) atoms. The highest BCUT2D eigenvalue weighted by Gasteiger charge is 2.07. The predicted octanol–water partition coefficient (Wildman–Crippen LogP) is 2.01. The molecular weight excluding hydrogens is 176 g/mol. The van der Waals surface area contributed by atoms with Crippen LogP contribution in [0.5, 0.6) is 5.75 Å². The van der Waals surface area contributed by atoms with Crippen molar-refractivity contribution in [1.82, 2.24) is 0 Å². The summed E-state index contributed by atoms with van der Waals surface area (Å²) >= 11 is 0. The molecule has 1 aromatic rings. The number of rotatable bonds is 2. The van der Waals surface area contributed by atoms with Crippen LogP contribution >= 0.6 is 0 Å². The fourth-order valence-electron chi connectivity index (χ4n) is 1.43. The number of fused-ring (bicyclic) bond motifs is 1. The Labute approximate surface area is 83.1 Å². The van der Waals surface area contributed by atoms with Gasteiger partial charge in [0.05, 0.1) is 6.61 Å². The molecule has 0 atom stereocenters. The van der Waals surface area contributed by atoms with Gasteiger partial charge in [-0.1, -0.05) is 30.4 Å². The molecule has 0 spiro atoms. The Balaban J connectivity index is 2.27. The van der Waals surface area contributed by atoms with Crippen LogP contribution in [-0.4, -0.2) is 18.3 Å². The first-order valence-corrected chi connectivity index (χ1v) is 4.60. The van der Waals surface area contributed by atoms with Crippen molar-refractivity contribution in [1.29, 1.82) is 0 Å². The van der Waals surface area contributed by atoms with Crippen LogP contribution in [0.2, 0.25) is 0 Å². The number of para-hydroxylation sites is 1. The quantitative estimate of drug-likeness (QED) is 0.769. The second-order valence-electron chi connectivity index (χ2n) is 3.13. The van der Waals surface area contributed by atoms with Gasteiger partial charge in [0, 0.05) is 5.56 Å². The van der Waals surface area contributed by atoms with Gasteiger partial charge < -0.3 is 9.84 Å². The third-order valence-corrected chi connectivity index (χ3v) is 2.09. The minimum atomic E-state index is 0.0684. The summed E-state index contributed by atoms with van der Waals surface area (Å²) in [5, 5.41) is 8.64. The third kappa shape index (κ3) is 1.86. The molecule has 0 bridgehead atoms. The summed E-state index contributed by atoms with van der Waals surface area (Å²) in [6.07, 6.45) is 5.67. The zero-order chi connectivity index (χ0) is 9.80. The summed E-state index contributed by atoms with van der Waals surface area (Å²) in [6.45, 7) is 0.645. The van der Waals surface area contributed by atoms with Crippen LogP contribution in [0.25, 0.3) is 6.08 Å². The second kappa shape index (κ2) is 4.11. The molecule has 72 valence electrons. The lowest BCUT2D eigenvalue weighted by atomic mass is 10.1. The zero-order valence-corrected chi connectivity index (χ0v) is 7.81. The smallest absolute Gasteiger partial charge is 0.127 e. The van der Waals surface area contributed by atoms with Gasteiger partial charge in [0.25, 0.3) is 0 Å². The first-order chi connectivity index (χ1) is 6.90. The van der Waals surface area contributed by atoms with E-state index in [2.05, 4.69) is 6.08 Å². The molecule has 0 radical (unpaired) electrons. The summed E-state index contributed by atoms with van der Waals surface area (Å²) in [5.74, 6) is 0.925. The maximum absolute atomic E-state index is 8.64. The summed E-state index contributed by atoms with van der Waals surface area (Å²) in [6, 6.07) is 7.91. The molecule has 1 heterocycles. The van der Waals surface area contributed by atoms with Gasteiger partial charge >= 0.3 is 0 Å². The molecular formula is C12H12O2. The van der Waals surface area contributed by atoms with Crippen LogP contribution in [0.15, 0.2) is 42.0 Å². The molecule has 1 aliphatic heterocycles. The van der Waals surface area contributed by atoms with E-state index in [0.717, 1.165) is 16.9 Å². The summed E-state index contributed by atoms with van der Waals surface area (Å²) in [4.78, 5) is 0. The number of aliphatic hydroxyl groups is 1. The Hall–Kier alpha value is -1.54. The third-order valence-electron chi connectivity index (χ3n) is 2.09. The van der Waals surface area contributed by atoms with Crippen molar-refractivity contribution < 1.29 is 9.84 Å². The minimum absolute atomic E-state index is 0.0684. The maximum Gasteiger partial charge on any atom is 0.127 e. The molecule has 0 aromatic heterocycles. The molecule has 0 amide bonds. The van der Waals surface area contributed by atoms with Gasteiger partial charge in [-0.2, -0.15) is 0 Å². The Morgan fingerprint density at radius 3 is 3.07 bits per heavy atom. The predicted molar refractivity (Wildman–Crippen MR) is 56.1 cm³/mol. The van der Waals surface area contributed by atoms with Crippen LogP contribution in [-0.2, 0) is 0 Å². The monoisotopic (exact) mass is 188 g/mol. The number of ether oxygens (including phenoxy) is 1. The van der Waals surface area contributed by atoms with Crippen LogP contribution in [0.1, 0.15) is 5.56 Å². The van der Waals surface area contributed by atoms with Crippen molar-refractivity contribution in [3.05, 3.63) is 47.6 Å². The van der Waals surface area contributed by atoms with E-state index in [1.54, 1.807) is 6.08 Å². The SMILES string of the molecule is OC/C=C/C1=Cc2ccccc2OC1. The number of aliphatic hydroxyl groups excluding tert-OH is 1. The van der Waals surface area contributed by atoms with E-state index in [0.29, 0.717) is 6.61 Å². The van der Waals surface area contributed by atoms with E-state index in [9.17, 15) is 0 Å². The molecule has 0 aliphatic carbocycles. The van der Waals surface area contributed by atoms with Crippen molar-refractivity contribution >= 4 is 6.08 Å². The molecule has 0 saturated carbocycles. The molecule has 2 nitrogen and oxygen atoms in total. The fraction of sp³-hybridized carbons (Fsp3) is 0.167. The van der Waals surface area contributed by atoms with Crippen LogP contribution in [0.4, 0.5) is 0 Å². The molecule has 0 unspecified atom stereocenters. The molecule has 1 N–H and O–H groups in total. The topological polar surface area (TPSA) is 29.5 Å². The average molecular weight is 188 g/mol. The van der Waals surface area contributed by atoms with Crippen LogP contribution in [0.3, 0.4) is 0 Å². The van der Waals surface area contributed by atoms with Gasteiger partial charge in [-0.25, -0.2) is 0 Å². The Bertz CT molecular complexity index is 378. The first-order valence-electron chi connectivity index (χ1n) is 4.60. The maximum atomic E-state index is 8.64. The van der Waals surface area contributed by atoms with E-state index in [1.807, 2.05) is 30.3 Å². The number of hydrogen-bond acceptors (Lipinski definition) is 2. The van der Waals surface area contributed by atoms with Gasteiger partial charge in [0.15, 0.2) is 0 Å². The fourth-order valence-corrected chi connectivity index (χ4v) is 1.43. The van der Waals surface area contributed by atoms with E-state index in [4.69, 9.17) is 9.84 Å². The second-order valence-corrected chi connectivity index (χ2v) is 3.13. The Morgan fingerprint density at radius 2 is 2.21 bits per heavy atom. The molecule has 2 rings (SSSR count). The number of benzene rings is 1. The lowest BCUT2D eigenvalue weighted by Crippen LogP contribution is -2.05. The van der Waals surface area contributed by atoms with Crippen molar-refractivity contribution in [2.75, 3.05) is 13.2 Å². The van der Waals surface area contributed by atoms with Gasteiger partial charge in [-0.3, -0.25) is 0 Å². The van der Waals surface area contributed by atoms with Gasteiger partial charge in [-0.15, -0.1) is 0 Å². The molecule has 1 aliphatic rings. The Morgan fingerprint density at radius 1 is 1.36 bits per heavy atom. The zero-order valence-electron chi connectivity index (χ0n) is 7.81. The number of hydrogen-bond donors (Lipinski definition) is 1. The van der Waals surface area contributed by atoms with Gasteiger partial charge in [0.1, 0.15) is 12.4 Å². The lowest BCUT2D eigenvalue weighted by molar-refractivity contribution is 0.340. The largest absolute Gasteiger partial charge is 0.488 e. The lowest BCUT2D eigenvalue weighted by Gasteiger charge is -2.15. The Kier molecular flexibility index (Phi) is 2.65. The highest BCUT2D eigenvalue weighted by Crippen LogP contribution is 2.25. The highest BCUT2D eigenvalue weighted by atomic mass is 16.5. The summed E-state index contributed by atoms with van der Waals surface area (Å²) < 4.78 is 5.53. The van der Waals surface area contributed by atoms with Crippen molar-refractivity contribution in [2.45, 2.75) is 0 Å². The summed E-state index contributed by atoms with van der Waals surface area (Å²) in [7, 11) is 0. The van der Waals surface area contributed by atoms with Gasteiger partial charge in [0.2, 0.25) is 0 Å². The normalized spacial score (nSPS) is 14.8. The summed E-state index contributed by atoms with van der Waals surface area (Å²) in [5.41, 5.74) is 2.18. The molecule has 0 fully saturated rings. The van der Waals surface area contributed by atoms with Crippen LogP contribution in [0, 0.1) is 0 Å². The molecule has 1 aromatic carbocycles. The highest BCUT2D eigenvalue weighted by molar-refractivity contribution is 5.64. The minimum Gasteiger partial charge on any atom is -0.488 e. The van der Waals surface area contributed by atoms with Crippen molar-refractivity contribution in [3.63, 3.8) is 0 Å². The first kappa shape index (κ1) is 9.03. The van der Waals surface area contributed by atoms with Crippen LogP contribution < -0.4 is 4.74 Å². The van der Waals surface area contributed by atoms with E-state index in [-0.39, 0.29) is 6.61 Å². The van der Waals surface area contributed by atoms with E-state index >= 15 is 0 Å². The van der Waals surface area contributed by atoms with E-state index in [1.165, 1.54) is 0 Å². The van der Waals surface area contributed by atoms with E-state index < -0.39 is 0 Å². The van der Waals surface area contributed by atoms with Gasteiger partial charge in [-0.05, 0) is 17.7 Å². The standard InChI is InChI=1S/C12H12O2/c13-7-3-4-10-8-11-5-1-2-6-12(11)14-9-10/h1-6,8,13H,7,9H2/b4-3+.